The van der Waals surface area contributed by atoms with Crippen molar-refractivity contribution in [1.29, 1.82) is 0 Å². The minimum atomic E-state index is -3.76. The number of likely N-dealkylation sites (N-methyl/N-ethyl adjacent to an activating group) is 1. The molecule has 1 N–H and O–H groups in total. The van der Waals surface area contributed by atoms with Crippen molar-refractivity contribution in [3.05, 3.63) is 65.2 Å². The number of aryl methyl sites for hydroxylation is 1. The number of sulfonamides is 1. The van der Waals surface area contributed by atoms with Gasteiger partial charge in [0.2, 0.25) is 21.8 Å². The first-order valence-electron chi connectivity index (χ1n) is 14.7. The molecule has 4 aliphatic rings. The molecular weight excluding hydrogens is 522 g/mol. The zero-order valence-electron chi connectivity index (χ0n) is 24.2. The summed E-state index contributed by atoms with van der Waals surface area (Å²) in [6, 6.07) is 15.0. The van der Waals surface area contributed by atoms with Gasteiger partial charge >= 0.3 is 0 Å². The zero-order valence-corrected chi connectivity index (χ0v) is 25.0. The van der Waals surface area contributed by atoms with Gasteiger partial charge in [-0.15, -0.1) is 0 Å². The highest BCUT2D eigenvalue weighted by atomic mass is 32.2. The second-order valence-electron chi connectivity index (χ2n) is 12.6. The van der Waals surface area contributed by atoms with E-state index in [4.69, 9.17) is 0 Å². The third-order valence-corrected chi connectivity index (χ3v) is 10.7. The number of hydrogen-bond donors (Lipinski definition) is 1. The molecule has 1 atom stereocenters. The highest BCUT2D eigenvalue weighted by Crippen LogP contribution is 2.60. The molecule has 0 unspecified atom stereocenters. The smallest absolute Gasteiger partial charge is 0.244 e. The fraction of sp³-hybridized carbons (Fsp3) is 0.562. The van der Waals surface area contributed by atoms with Crippen LogP contribution < -0.4 is 9.62 Å². The zero-order chi connectivity index (χ0) is 28.7. The first kappa shape index (κ1) is 28.7. The number of nitrogens with zero attached hydrogens (tertiary/aromatic N) is 2. The molecule has 2 aromatic rings. The van der Waals surface area contributed by atoms with Crippen molar-refractivity contribution in [3.63, 3.8) is 0 Å². The summed E-state index contributed by atoms with van der Waals surface area (Å²) in [7, 11) is -2.21. The third kappa shape index (κ3) is 5.78. The summed E-state index contributed by atoms with van der Waals surface area (Å²) in [5, 5.41) is 2.66. The van der Waals surface area contributed by atoms with E-state index >= 15 is 0 Å². The maximum atomic E-state index is 13.8. The second kappa shape index (κ2) is 11.2. The van der Waals surface area contributed by atoms with Crippen LogP contribution in [0, 0.1) is 24.7 Å². The first-order valence-corrected chi connectivity index (χ1v) is 16.5. The van der Waals surface area contributed by atoms with Gasteiger partial charge in [-0.2, -0.15) is 0 Å². The Labute approximate surface area is 239 Å². The van der Waals surface area contributed by atoms with Crippen molar-refractivity contribution in [2.24, 2.45) is 17.8 Å². The molecule has 2 amide bonds. The minimum absolute atomic E-state index is 0.214. The summed E-state index contributed by atoms with van der Waals surface area (Å²) in [4.78, 5) is 28.1. The molecule has 4 bridgehead atoms. The molecule has 216 valence electrons. The summed E-state index contributed by atoms with van der Waals surface area (Å²) < 4.78 is 27.2. The number of carbonyl (C=O) groups is 2. The van der Waals surface area contributed by atoms with Crippen molar-refractivity contribution < 1.29 is 18.0 Å². The summed E-state index contributed by atoms with van der Waals surface area (Å²) >= 11 is 0. The molecule has 2 aromatic carbocycles. The monoisotopic (exact) mass is 565 g/mol. The average Bonchev–Trinajstić information content (AvgIpc) is 2.91. The van der Waals surface area contributed by atoms with E-state index in [9.17, 15) is 18.0 Å². The van der Waals surface area contributed by atoms with Gasteiger partial charge < -0.3 is 10.2 Å². The predicted molar refractivity (Wildman–Crippen MR) is 158 cm³/mol. The van der Waals surface area contributed by atoms with Crippen LogP contribution in [-0.2, 0) is 31.6 Å². The Hall–Kier alpha value is -2.87. The molecule has 0 radical (unpaired) electrons. The van der Waals surface area contributed by atoms with Crippen molar-refractivity contribution in [2.75, 3.05) is 24.2 Å². The van der Waals surface area contributed by atoms with Crippen LogP contribution in [0.4, 0.5) is 5.69 Å². The molecule has 7 nitrogen and oxygen atoms in total. The van der Waals surface area contributed by atoms with Crippen LogP contribution in [0.25, 0.3) is 0 Å². The fourth-order valence-corrected chi connectivity index (χ4v) is 8.89. The van der Waals surface area contributed by atoms with Gasteiger partial charge in [-0.05, 0) is 98.3 Å². The molecule has 0 saturated heterocycles. The van der Waals surface area contributed by atoms with E-state index in [1.165, 1.54) is 53.3 Å². The summed E-state index contributed by atoms with van der Waals surface area (Å²) in [6.07, 6.45) is 9.36. The van der Waals surface area contributed by atoms with Gasteiger partial charge in [0.1, 0.15) is 12.6 Å². The molecule has 8 heteroatoms. The molecule has 4 aliphatic carbocycles. The van der Waals surface area contributed by atoms with Gasteiger partial charge in [0.25, 0.3) is 0 Å². The molecule has 4 saturated carbocycles. The number of amides is 2. The third-order valence-electron chi connectivity index (χ3n) is 9.59. The van der Waals surface area contributed by atoms with Crippen molar-refractivity contribution in [2.45, 2.75) is 76.8 Å². The van der Waals surface area contributed by atoms with Crippen LogP contribution in [0.3, 0.4) is 0 Å². The van der Waals surface area contributed by atoms with E-state index in [0.717, 1.165) is 35.1 Å². The van der Waals surface area contributed by atoms with Crippen LogP contribution in [0.1, 0.15) is 68.6 Å². The Morgan fingerprint density at radius 3 is 1.98 bits per heavy atom. The molecule has 0 aromatic heterocycles. The Morgan fingerprint density at radius 1 is 0.950 bits per heavy atom. The van der Waals surface area contributed by atoms with E-state index < -0.39 is 22.0 Å². The Morgan fingerprint density at radius 2 is 1.50 bits per heavy atom. The normalized spacial score (nSPS) is 25.9. The fourth-order valence-electron chi connectivity index (χ4n) is 8.04. The molecule has 0 spiro atoms. The van der Waals surface area contributed by atoms with Crippen LogP contribution in [0.5, 0.6) is 0 Å². The van der Waals surface area contributed by atoms with E-state index in [0.29, 0.717) is 12.1 Å². The first-order chi connectivity index (χ1) is 19.0. The topological polar surface area (TPSA) is 86.8 Å². The minimum Gasteiger partial charge on any atom is -0.357 e. The number of anilines is 1. The van der Waals surface area contributed by atoms with E-state index in [1.54, 1.807) is 7.05 Å². The van der Waals surface area contributed by atoms with E-state index in [-0.39, 0.29) is 24.4 Å². The maximum absolute atomic E-state index is 13.8. The van der Waals surface area contributed by atoms with E-state index in [1.807, 2.05) is 50.2 Å². The molecule has 0 aliphatic heterocycles. The number of nitrogens with one attached hydrogen (secondary N) is 1. The maximum Gasteiger partial charge on any atom is 0.244 e. The summed E-state index contributed by atoms with van der Waals surface area (Å²) in [5.74, 6) is 1.78. The van der Waals surface area contributed by atoms with Gasteiger partial charge in [0, 0.05) is 13.6 Å². The summed E-state index contributed by atoms with van der Waals surface area (Å²) in [5.41, 5.74) is 3.98. The Kier molecular flexibility index (Phi) is 8.01. The highest BCUT2D eigenvalue weighted by molar-refractivity contribution is 7.92. The van der Waals surface area contributed by atoms with Crippen molar-refractivity contribution in [1.82, 2.24) is 10.2 Å². The number of rotatable bonds is 10. The second-order valence-corrected chi connectivity index (χ2v) is 14.5. The van der Waals surface area contributed by atoms with Gasteiger partial charge in [-0.25, -0.2) is 8.42 Å². The lowest BCUT2D eigenvalue weighted by molar-refractivity contribution is -0.140. The predicted octanol–water partition coefficient (Wildman–Crippen LogP) is 4.78. The number of benzene rings is 2. The van der Waals surface area contributed by atoms with Crippen LogP contribution >= 0.6 is 0 Å². The van der Waals surface area contributed by atoms with Crippen LogP contribution in [0.2, 0.25) is 0 Å². The molecule has 6 rings (SSSR count). The van der Waals surface area contributed by atoms with Gasteiger partial charge in [0.15, 0.2) is 0 Å². The highest BCUT2D eigenvalue weighted by Gasteiger charge is 2.51. The standard InChI is InChI=1S/C32H43N3O4S/c1-5-29(31(37)33-3)34(20-23-8-6-22(2)7-9-23)30(36)21-35(40(4,38)39)28-12-10-27(11-13-28)32-17-24-14-25(18-32)16-26(15-24)19-32/h6-13,24-26,29H,5,14-21H2,1-4H3,(H,33,37)/t24?,25?,26?,29-,32?/m0/s1. The summed E-state index contributed by atoms with van der Waals surface area (Å²) in [6.45, 7) is 3.69. The molecule has 4 fully saturated rings. The van der Waals surface area contributed by atoms with E-state index in [2.05, 4.69) is 17.4 Å². The lowest BCUT2D eigenvalue weighted by atomic mass is 9.48. The lowest BCUT2D eigenvalue weighted by Crippen LogP contribution is -2.51. The number of carbonyl (C=O) groups excluding carboxylic acids is 2. The molecule has 40 heavy (non-hydrogen) atoms. The number of hydrogen-bond acceptors (Lipinski definition) is 4. The van der Waals surface area contributed by atoms with Gasteiger partial charge in [-0.1, -0.05) is 48.9 Å². The quantitative estimate of drug-likeness (QED) is 0.449. The van der Waals surface area contributed by atoms with Crippen LogP contribution in [0.15, 0.2) is 48.5 Å². The largest absolute Gasteiger partial charge is 0.357 e. The van der Waals surface area contributed by atoms with Gasteiger partial charge in [0.05, 0.1) is 11.9 Å². The Balaban J connectivity index is 1.40. The Bertz CT molecular complexity index is 1300. The molecule has 0 heterocycles. The van der Waals surface area contributed by atoms with Crippen LogP contribution in [-0.4, -0.2) is 51.0 Å². The van der Waals surface area contributed by atoms with Gasteiger partial charge in [-0.3, -0.25) is 13.9 Å². The molecular formula is C32H43N3O4S. The SMILES string of the molecule is CC[C@@H](C(=O)NC)N(Cc1ccc(C)cc1)C(=O)CN(c1ccc(C23CC4CC(CC(C4)C2)C3)cc1)S(C)(=O)=O. The van der Waals surface area contributed by atoms with Crippen molar-refractivity contribution in [3.8, 4) is 0 Å². The van der Waals surface area contributed by atoms with Crippen molar-refractivity contribution >= 4 is 27.5 Å². The lowest BCUT2D eigenvalue weighted by Gasteiger charge is -2.57. The average molecular weight is 566 g/mol.